The first kappa shape index (κ1) is 14.2. The smallest absolute Gasteiger partial charge is 0.251 e. The van der Waals surface area contributed by atoms with E-state index in [1.807, 2.05) is 0 Å². The highest BCUT2D eigenvalue weighted by Crippen LogP contribution is 2.32. The number of carbonyl (C=O) groups excluding carboxylic acids is 1. The van der Waals surface area contributed by atoms with E-state index in [4.69, 9.17) is 14.0 Å². The van der Waals surface area contributed by atoms with Crippen molar-refractivity contribution < 1.29 is 18.8 Å². The number of nitrogens with zero attached hydrogens (tertiary/aromatic N) is 3. The summed E-state index contributed by atoms with van der Waals surface area (Å²) < 4.78 is 15.6. The van der Waals surface area contributed by atoms with Crippen LogP contribution < -0.4 is 14.8 Å². The highest BCUT2D eigenvalue weighted by molar-refractivity contribution is 5.94. The lowest BCUT2D eigenvalue weighted by Gasteiger charge is -2.03. The van der Waals surface area contributed by atoms with Gasteiger partial charge in [-0.1, -0.05) is 5.16 Å². The molecule has 4 rings (SSSR count). The summed E-state index contributed by atoms with van der Waals surface area (Å²) in [6, 6.07) is 8.55. The maximum Gasteiger partial charge on any atom is 0.251 e. The van der Waals surface area contributed by atoms with E-state index >= 15 is 0 Å². The molecule has 0 spiro atoms. The molecule has 0 unspecified atom stereocenters. The highest BCUT2D eigenvalue weighted by Gasteiger charge is 2.17. The Morgan fingerprint density at radius 3 is 2.83 bits per heavy atom. The molecule has 0 aliphatic carbocycles. The summed E-state index contributed by atoms with van der Waals surface area (Å²) in [5.41, 5.74) is 1.26. The van der Waals surface area contributed by atoms with Crippen LogP contribution in [0.15, 0.2) is 47.2 Å². The maximum absolute atomic E-state index is 12.2. The summed E-state index contributed by atoms with van der Waals surface area (Å²) in [5.74, 6) is 1.68. The second kappa shape index (κ2) is 5.99. The Balaban J connectivity index is 1.42. The third kappa shape index (κ3) is 2.76. The van der Waals surface area contributed by atoms with Crippen LogP contribution in [0.4, 0.5) is 0 Å². The molecule has 0 bridgehead atoms. The third-order valence-corrected chi connectivity index (χ3v) is 3.44. The lowest BCUT2D eigenvalue weighted by Crippen LogP contribution is -2.22. The van der Waals surface area contributed by atoms with Gasteiger partial charge in [0.1, 0.15) is 0 Å². The number of fused-ring (bicyclic) bond motifs is 1. The van der Waals surface area contributed by atoms with Crippen LogP contribution in [-0.4, -0.2) is 27.8 Å². The van der Waals surface area contributed by atoms with Crippen molar-refractivity contribution in [3.8, 4) is 22.9 Å². The molecule has 0 atom stereocenters. The number of nitrogens with one attached hydrogen (secondary N) is 1. The maximum atomic E-state index is 12.2. The zero-order valence-corrected chi connectivity index (χ0v) is 12.4. The van der Waals surface area contributed by atoms with Crippen LogP contribution in [0.1, 0.15) is 16.2 Å². The van der Waals surface area contributed by atoms with Gasteiger partial charge in [0.05, 0.1) is 6.54 Å². The Morgan fingerprint density at radius 1 is 1.12 bits per heavy atom. The predicted molar refractivity (Wildman–Crippen MR) is 81.3 cm³/mol. The van der Waals surface area contributed by atoms with Crippen molar-refractivity contribution >= 4 is 5.91 Å². The molecule has 0 radical (unpaired) electrons. The quantitative estimate of drug-likeness (QED) is 0.781. The van der Waals surface area contributed by atoms with Gasteiger partial charge in [-0.2, -0.15) is 4.98 Å². The van der Waals surface area contributed by atoms with E-state index in [1.165, 1.54) is 0 Å². The minimum absolute atomic E-state index is 0.130. The van der Waals surface area contributed by atoms with Crippen molar-refractivity contribution in [1.29, 1.82) is 0 Å². The first-order chi connectivity index (χ1) is 11.8. The monoisotopic (exact) mass is 324 g/mol. The van der Waals surface area contributed by atoms with E-state index in [1.54, 1.807) is 42.7 Å². The number of carbonyl (C=O) groups is 1. The first-order valence-corrected chi connectivity index (χ1v) is 7.20. The molecule has 24 heavy (non-hydrogen) atoms. The molecule has 8 heteroatoms. The molecule has 0 fully saturated rings. The summed E-state index contributed by atoms with van der Waals surface area (Å²) in [6.07, 6.45) is 3.29. The molecule has 8 nitrogen and oxygen atoms in total. The van der Waals surface area contributed by atoms with E-state index in [0.29, 0.717) is 28.8 Å². The fraction of sp³-hybridized carbons (Fsp3) is 0.125. The van der Waals surface area contributed by atoms with Gasteiger partial charge in [0.15, 0.2) is 11.5 Å². The van der Waals surface area contributed by atoms with Gasteiger partial charge < -0.3 is 19.3 Å². The minimum Gasteiger partial charge on any atom is -0.454 e. The summed E-state index contributed by atoms with van der Waals surface area (Å²) in [6.45, 7) is 0.297. The van der Waals surface area contributed by atoms with Crippen molar-refractivity contribution in [1.82, 2.24) is 20.4 Å². The van der Waals surface area contributed by atoms with E-state index in [9.17, 15) is 4.79 Å². The molecular formula is C16H12N4O4. The molecule has 1 N–H and O–H groups in total. The van der Waals surface area contributed by atoms with Crippen LogP contribution in [0.3, 0.4) is 0 Å². The number of hydrogen-bond acceptors (Lipinski definition) is 7. The molecule has 1 aliphatic rings. The molecule has 120 valence electrons. The zero-order chi connectivity index (χ0) is 16.4. The van der Waals surface area contributed by atoms with Crippen LogP contribution >= 0.6 is 0 Å². The first-order valence-electron chi connectivity index (χ1n) is 7.20. The number of benzene rings is 1. The van der Waals surface area contributed by atoms with Gasteiger partial charge in [0, 0.05) is 23.5 Å². The Labute approximate surface area is 136 Å². The van der Waals surface area contributed by atoms with Crippen LogP contribution in [0.2, 0.25) is 0 Å². The molecule has 1 aliphatic heterocycles. The van der Waals surface area contributed by atoms with Gasteiger partial charge in [-0.3, -0.25) is 9.78 Å². The summed E-state index contributed by atoms with van der Waals surface area (Å²) >= 11 is 0. The summed E-state index contributed by atoms with van der Waals surface area (Å²) in [4.78, 5) is 20.4. The molecule has 0 saturated carbocycles. The lowest BCUT2D eigenvalue weighted by atomic mass is 10.2. The largest absolute Gasteiger partial charge is 0.454 e. The average molecular weight is 324 g/mol. The van der Waals surface area contributed by atoms with Crippen molar-refractivity contribution in [2.24, 2.45) is 0 Å². The summed E-state index contributed by atoms with van der Waals surface area (Å²) in [5, 5.41) is 6.61. The molecule has 1 aromatic carbocycles. The topological polar surface area (TPSA) is 99.4 Å². The molecule has 3 aromatic rings. The average Bonchev–Trinajstić information content (AvgIpc) is 3.29. The molecule has 0 saturated heterocycles. The number of pyridine rings is 1. The van der Waals surface area contributed by atoms with Gasteiger partial charge in [-0.15, -0.1) is 0 Å². The van der Waals surface area contributed by atoms with Gasteiger partial charge in [0.25, 0.3) is 5.91 Å². The number of amides is 1. The fourth-order valence-electron chi connectivity index (χ4n) is 2.24. The Bertz CT molecular complexity index is 879. The van der Waals surface area contributed by atoms with Gasteiger partial charge in [-0.25, -0.2) is 0 Å². The fourth-order valence-corrected chi connectivity index (χ4v) is 2.24. The van der Waals surface area contributed by atoms with Crippen LogP contribution in [0, 0.1) is 0 Å². The van der Waals surface area contributed by atoms with E-state index in [-0.39, 0.29) is 19.2 Å². The van der Waals surface area contributed by atoms with E-state index < -0.39 is 0 Å². The molecule has 3 heterocycles. The van der Waals surface area contributed by atoms with Crippen molar-refractivity contribution in [2.45, 2.75) is 6.54 Å². The second-order valence-corrected chi connectivity index (χ2v) is 5.00. The number of rotatable bonds is 4. The van der Waals surface area contributed by atoms with Gasteiger partial charge in [-0.05, 0) is 30.3 Å². The van der Waals surface area contributed by atoms with E-state index in [0.717, 1.165) is 5.56 Å². The van der Waals surface area contributed by atoms with E-state index in [2.05, 4.69) is 20.4 Å². The Morgan fingerprint density at radius 2 is 1.96 bits per heavy atom. The van der Waals surface area contributed by atoms with Crippen molar-refractivity contribution in [3.63, 3.8) is 0 Å². The van der Waals surface area contributed by atoms with Gasteiger partial charge >= 0.3 is 0 Å². The molecule has 2 aromatic heterocycles. The highest BCUT2D eigenvalue weighted by atomic mass is 16.7. The minimum atomic E-state index is -0.267. The molecule has 1 amide bonds. The van der Waals surface area contributed by atoms with Crippen molar-refractivity contribution in [3.05, 3.63) is 54.2 Å². The second-order valence-electron chi connectivity index (χ2n) is 5.00. The third-order valence-electron chi connectivity index (χ3n) is 3.44. The number of ether oxygens (including phenoxy) is 2. The van der Waals surface area contributed by atoms with Crippen LogP contribution in [0.5, 0.6) is 11.5 Å². The van der Waals surface area contributed by atoms with Crippen LogP contribution in [-0.2, 0) is 6.54 Å². The predicted octanol–water partition coefficient (Wildman–Crippen LogP) is 1.79. The number of hydrogen-bond donors (Lipinski definition) is 1. The normalized spacial score (nSPS) is 12.2. The Hall–Kier alpha value is -3.42. The van der Waals surface area contributed by atoms with Gasteiger partial charge in [0.2, 0.25) is 18.5 Å². The standard InChI is InChI=1S/C16H12N4O4/c21-16(11-1-2-12-13(7-11)23-9-22-12)18-8-14-19-15(20-24-14)10-3-5-17-6-4-10/h1-7H,8-9H2,(H,18,21). The lowest BCUT2D eigenvalue weighted by molar-refractivity contribution is 0.0946. The van der Waals surface area contributed by atoms with Crippen LogP contribution in [0.25, 0.3) is 11.4 Å². The SMILES string of the molecule is O=C(NCc1nc(-c2ccncc2)no1)c1ccc2c(c1)OCO2. The van der Waals surface area contributed by atoms with Crippen molar-refractivity contribution in [2.75, 3.05) is 6.79 Å². The number of aromatic nitrogens is 3. The Kier molecular flexibility index (Phi) is 3.54. The zero-order valence-electron chi connectivity index (χ0n) is 12.4. The molecular weight excluding hydrogens is 312 g/mol. The summed E-state index contributed by atoms with van der Waals surface area (Å²) in [7, 11) is 0.